The number of hydrogen-bond acceptors (Lipinski definition) is 4. The van der Waals surface area contributed by atoms with E-state index in [9.17, 15) is 14.4 Å². The smallest absolute Gasteiger partial charge is 0.261 e. The molecular weight excluding hydrogens is 356 g/mol. The Hall–Kier alpha value is -3.22. The molecule has 0 N–H and O–H groups in total. The predicted octanol–water partition coefficient (Wildman–Crippen LogP) is 1.20. The molecule has 2 bridgehead atoms. The summed E-state index contributed by atoms with van der Waals surface area (Å²) in [5.74, 6) is 0.346. The van der Waals surface area contributed by atoms with Crippen LogP contribution in [0.25, 0.3) is 10.9 Å². The third-order valence-corrected chi connectivity index (χ3v) is 5.87. The standard InChI is InChI=1S/C21H20N4O3/c26-19-7-3-6-18-15-8-14(10-25(18)19)9-23(11-15)20(27)12-24-13-22-17-5-2-1-4-16(17)21(24)28/h1-7,13-15H,8-12H2/t14-,15-/m0/s1. The first-order chi connectivity index (χ1) is 13.6. The summed E-state index contributed by atoms with van der Waals surface area (Å²) >= 11 is 0. The quantitative estimate of drug-likeness (QED) is 0.674. The minimum Gasteiger partial charge on any atom is -0.340 e. The van der Waals surface area contributed by atoms with E-state index in [0.717, 1.165) is 12.1 Å². The van der Waals surface area contributed by atoms with E-state index in [1.807, 2.05) is 21.6 Å². The molecule has 0 unspecified atom stereocenters. The Kier molecular flexibility index (Phi) is 3.89. The first kappa shape index (κ1) is 16.9. The number of nitrogens with zero attached hydrogens (tertiary/aromatic N) is 4. The van der Waals surface area contributed by atoms with E-state index in [4.69, 9.17) is 0 Å². The first-order valence-corrected chi connectivity index (χ1v) is 9.52. The molecule has 2 atom stereocenters. The van der Waals surface area contributed by atoms with E-state index >= 15 is 0 Å². The summed E-state index contributed by atoms with van der Waals surface area (Å²) in [6.07, 6.45) is 2.44. The molecule has 7 heteroatoms. The molecule has 1 saturated heterocycles. The summed E-state index contributed by atoms with van der Waals surface area (Å²) in [7, 11) is 0. The van der Waals surface area contributed by atoms with Crippen molar-refractivity contribution >= 4 is 16.8 Å². The van der Waals surface area contributed by atoms with Crippen LogP contribution in [0.5, 0.6) is 0 Å². The fourth-order valence-corrected chi connectivity index (χ4v) is 4.56. The van der Waals surface area contributed by atoms with Gasteiger partial charge in [0.1, 0.15) is 6.54 Å². The monoisotopic (exact) mass is 376 g/mol. The number of likely N-dealkylation sites (tertiary alicyclic amines) is 1. The van der Waals surface area contributed by atoms with E-state index in [0.29, 0.717) is 30.5 Å². The van der Waals surface area contributed by atoms with Gasteiger partial charge in [-0.15, -0.1) is 0 Å². The maximum Gasteiger partial charge on any atom is 0.261 e. The van der Waals surface area contributed by atoms with Crippen molar-refractivity contribution in [2.45, 2.75) is 25.4 Å². The molecule has 0 radical (unpaired) electrons. The second-order valence-electron chi connectivity index (χ2n) is 7.69. The number of amides is 1. The zero-order valence-corrected chi connectivity index (χ0v) is 15.3. The lowest BCUT2D eigenvalue weighted by Gasteiger charge is -2.42. The molecule has 2 aromatic heterocycles. The van der Waals surface area contributed by atoms with Gasteiger partial charge in [-0.3, -0.25) is 19.0 Å². The van der Waals surface area contributed by atoms with E-state index < -0.39 is 0 Å². The number of rotatable bonds is 2. The van der Waals surface area contributed by atoms with E-state index in [-0.39, 0.29) is 35.4 Å². The fraction of sp³-hybridized carbons (Fsp3) is 0.333. The Labute approximate surface area is 160 Å². The molecule has 5 rings (SSSR count). The highest BCUT2D eigenvalue weighted by atomic mass is 16.2. The van der Waals surface area contributed by atoms with Crippen LogP contribution in [0.4, 0.5) is 0 Å². The third-order valence-electron chi connectivity index (χ3n) is 5.87. The van der Waals surface area contributed by atoms with Gasteiger partial charge >= 0.3 is 0 Å². The van der Waals surface area contributed by atoms with Gasteiger partial charge in [0.2, 0.25) is 5.91 Å². The van der Waals surface area contributed by atoms with E-state index in [1.54, 1.807) is 30.3 Å². The van der Waals surface area contributed by atoms with Crippen LogP contribution in [-0.2, 0) is 17.9 Å². The van der Waals surface area contributed by atoms with Gasteiger partial charge in [0, 0.05) is 37.3 Å². The SMILES string of the molecule is O=C(Cn1cnc2ccccc2c1=O)N1C[C@@H]2C[C@@H](C1)c1cccc(=O)n1C2. The number of fused-ring (bicyclic) bond motifs is 5. The number of carbonyl (C=O) groups is 1. The van der Waals surface area contributed by atoms with Gasteiger partial charge in [0.05, 0.1) is 17.2 Å². The molecule has 1 aromatic carbocycles. The van der Waals surface area contributed by atoms with Crippen molar-refractivity contribution in [1.82, 2.24) is 19.0 Å². The van der Waals surface area contributed by atoms with Crippen molar-refractivity contribution in [2.75, 3.05) is 13.1 Å². The lowest BCUT2D eigenvalue weighted by atomic mass is 9.83. The highest BCUT2D eigenvalue weighted by Gasteiger charge is 2.36. The molecule has 1 amide bonds. The largest absolute Gasteiger partial charge is 0.340 e. The summed E-state index contributed by atoms with van der Waals surface area (Å²) in [5.41, 5.74) is 1.46. The lowest BCUT2D eigenvalue weighted by Crippen LogP contribution is -2.50. The number of para-hydroxylation sites is 1. The summed E-state index contributed by atoms with van der Waals surface area (Å²) in [4.78, 5) is 43.9. The van der Waals surface area contributed by atoms with Gasteiger partial charge in [-0.25, -0.2) is 4.98 Å². The van der Waals surface area contributed by atoms with Crippen molar-refractivity contribution in [3.05, 3.63) is 75.2 Å². The molecule has 4 heterocycles. The molecule has 7 nitrogen and oxygen atoms in total. The minimum atomic E-state index is -0.201. The van der Waals surface area contributed by atoms with Crippen LogP contribution in [0.1, 0.15) is 18.0 Å². The Morgan fingerprint density at radius 3 is 2.79 bits per heavy atom. The summed E-state index contributed by atoms with van der Waals surface area (Å²) in [6, 6.07) is 12.5. The number of aromatic nitrogens is 3. The van der Waals surface area contributed by atoms with Crippen LogP contribution in [0.15, 0.2) is 58.4 Å². The molecule has 0 aliphatic carbocycles. The molecule has 3 aromatic rings. The highest BCUT2D eigenvalue weighted by Crippen LogP contribution is 2.34. The fourth-order valence-electron chi connectivity index (χ4n) is 4.56. The van der Waals surface area contributed by atoms with E-state index in [1.165, 1.54) is 10.9 Å². The molecule has 0 saturated carbocycles. The maximum atomic E-state index is 12.9. The first-order valence-electron chi connectivity index (χ1n) is 9.52. The molecular formula is C21H20N4O3. The van der Waals surface area contributed by atoms with Crippen LogP contribution < -0.4 is 11.1 Å². The number of hydrogen-bond donors (Lipinski definition) is 0. The topological polar surface area (TPSA) is 77.2 Å². The van der Waals surface area contributed by atoms with Crippen LogP contribution in [0.3, 0.4) is 0 Å². The number of pyridine rings is 1. The van der Waals surface area contributed by atoms with Gasteiger partial charge < -0.3 is 9.47 Å². The number of carbonyl (C=O) groups excluding carboxylic acids is 1. The van der Waals surface area contributed by atoms with E-state index in [2.05, 4.69) is 4.98 Å². The molecule has 142 valence electrons. The van der Waals surface area contributed by atoms with Crippen molar-refractivity contribution in [3.63, 3.8) is 0 Å². The average molecular weight is 376 g/mol. The number of benzene rings is 1. The molecule has 2 aliphatic heterocycles. The maximum absolute atomic E-state index is 12.9. The van der Waals surface area contributed by atoms with Crippen LogP contribution >= 0.6 is 0 Å². The van der Waals surface area contributed by atoms with Crippen molar-refractivity contribution in [2.24, 2.45) is 5.92 Å². The van der Waals surface area contributed by atoms with Gasteiger partial charge in [-0.05, 0) is 30.5 Å². The molecule has 2 aliphatic rings. The van der Waals surface area contributed by atoms with Crippen molar-refractivity contribution in [1.29, 1.82) is 0 Å². The third kappa shape index (κ3) is 2.74. The zero-order chi connectivity index (χ0) is 19.3. The Morgan fingerprint density at radius 2 is 1.89 bits per heavy atom. The van der Waals surface area contributed by atoms with Gasteiger partial charge in [-0.1, -0.05) is 18.2 Å². The van der Waals surface area contributed by atoms with Crippen molar-refractivity contribution < 1.29 is 4.79 Å². The lowest BCUT2D eigenvalue weighted by molar-refractivity contribution is -0.134. The summed E-state index contributed by atoms with van der Waals surface area (Å²) < 4.78 is 3.23. The van der Waals surface area contributed by atoms with Gasteiger partial charge in [-0.2, -0.15) is 0 Å². The molecule has 28 heavy (non-hydrogen) atoms. The number of piperidine rings is 1. The zero-order valence-electron chi connectivity index (χ0n) is 15.3. The van der Waals surface area contributed by atoms with Gasteiger partial charge in [0.15, 0.2) is 0 Å². The average Bonchev–Trinajstić information content (AvgIpc) is 2.71. The Bertz CT molecular complexity index is 1200. The van der Waals surface area contributed by atoms with Crippen LogP contribution in [0.2, 0.25) is 0 Å². The Morgan fingerprint density at radius 1 is 1.04 bits per heavy atom. The molecule has 0 spiro atoms. The summed E-state index contributed by atoms with van der Waals surface area (Å²) in [5, 5.41) is 0.515. The van der Waals surface area contributed by atoms with Gasteiger partial charge in [0.25, 0.3) is 11.1 Å². The normalized spacial score (nSPS) is 20.8. The Balaban J connectivity index is 1.40. The van der Waals surface area contributed by atoms with Crippen LogP contribution in [0, 0.1) is 5.92 Å². The minimum absolute atomic E-state index is 0.0162. The second kappa shape index (κ2) is 6.44. The highest BCUT2D eigenvalue weighted by molar-refractivity contribution is 5.79. The molecule has 1 fully saturated rings. The summed E-state index contributed by atoms with van der Waals surface area (Å²) in [6.45, 7) is 1.82. The predicted molar refractivity (Wildman–Crippen MR) is 104 cm³/mol. The second-order valence-corrected chi connectivity index (χ2v) is 7.69. The van der Waals surface area contributed by atoms with Crippen LogP contribution in [-0.4, -0.2) is 38.0 Å². The van der Waals surface area contributed by atoms with Crippen molar-refractivity contribution in [3.8, 4) is 0 Å².